The first kappa shape index (κ1) is 24.5. The van der Waals surface area contributed by atoms with Gasteiger partial charge in [-0.05, 0) is 29.3 Å². The Labute approximate surface area is 185 Å². The van der Waals surface area contributed by atoms with Crippen molar-refractivity contribution in [2.75, 3.05) is 13.7 Å². The average Bonchev–Trinajstić information content (AvgIpc) is 2.72. The molecule has 0 unspecified atom stereocenters. The van der Waals surface area contributed by atoms with Gasteiger partial charge in [-0.1, -0.05) is 57.2 Å². The van der Waals surface area contributed by atoms with Crippen molar-refractivity contribution in [2.45, 2.75) is 81.8 Å². The highest BCUT2D eigenvalue weighted by Crippen LogP contribution is 2.38. The van der Waals surface area contributed by atoms with Gasteiger partial charge in [0.2, 0.25) is 0 Å². The zero-order valence-electron chi connectivity index (χ0n) is 19.2. The first-order chi connectivity index (χ1) is 14.5. The fourth-order valence-electron chi connectivity index (χ4n) is 3.60. The standard InChI is InChI=1S/C23H36O7Si/c1-23(2,3)31(5,6)28-13-17-19(25)20(26)21(22(27-4)30-17)29-16-12-11-14-9-7-8-10-15(14)18(16)24/h7-12,16-22,24-26H,13H2,1-6H3/t16-,17-,18-,19+,20+,21+,22+/m1/s1. The predicted molar refractivity (Wildman–Crippen MR) is 120 cm³/mol. The fourth-order valence-corrected chi connectivity index (χ4v) is 4.61. The maximum Gasteiger partial charge on any atom is 0.192 e. The van der Waals surface area contributed by atoms with Gasteiger partial charge in [0.25, 0.3) is 0 Å². The van der Waals surface area contributed by atoms with E-state index in [0.29, 0.717) is 0 Å². The summed E-state index contributed by atoms with van der Waals surface area (Å²) in [6, 6.07) is 7.51. The summed E-state index contributed by atoms with van der Waals surface area (Å²) in [5, 5.41) is 32.3. The quantitative estimate of drug-likeness (QED) is 0.571. The lowest BCUT2D eigenvalue weighted by atomic mass is 9.92. The summed E-state index contributed by atoms with van der Waals surface area (Å²) in [5.41, 5.74) is 1.66. The Kier molecular flexibility index (Phi) is 7.45. The lowest BCUT2D eigenvalue weighted by Gasteiger charge is -2.45. The summed E-state index contributed by atoms with van der Waals surface area (Å²) in [6.07, 6.45) is -3.10. The van der Waals surface area contributed by atoms with Gasteiger partial charge in [-0.25, -0.2) is 0 Å². The van der Waals surface area contributed by atoms with Crippen molar-refractivity contribution in [3.05, 3.63) is 41.5 Å². The fraction of sp³-hybridized carbons (Fsp3) is 0.652. The Bertz CT molecular complexity index is 773. The van der Waals surface area contributed by atoms with Crippen LogP contribution in [0, 0.1) is 0 Å². The van der Waals surface area contributed by atoms with E-state index in [1.165, 1.54) is 7.11 Å². The van der Waals surface area contributed by atoms with Crippen LogP contribution in [0.2, 0.25) is 18.1 Å². The smallest absolute Gasteiger partial charge is 0.192 e. The van der Waals surface area contributed by atoms with Gasteiger partial charge in [-0.15, -0.1) is 0 Å². The first-order valence-electron chi connectivity index (χ1n) is 10.8. The van der Waals surface area contributed by atoms with E-state index in [2.05, 4.69) is 33.9 Å². The minimum absolute atomic E-state index is 0.0112. The third kappa shape index (κ3) is 5.12. The molecule has 1 aromatic carbocycles. The maximum absolute atomic E-state index is 10.8. The molecule has 0 spiro atoms. The van der Waals surface area contributed by atoms with Crippen LogP contribution in [0.5, 0.6) is 0 Å². The Morgan fingerprint density at radius 2 is 1.74 bits per heavy atom. The van der Waals surface area contributed by atoms with Crippen LogP contribution in [0.25, 0.3) is 6.08 Å². The van der Waals surface area contributed by atoms with Gasteiger partial charge in [0.1, 0.15) is 36.6 Å². The van der Waals surface area contributed by atoms with Crippen LogP contribution < -0.4 is 0 Å². The molecule has 31 heavy (non-hydrogen) atoms. The Morgan fingerprint density at radius 3 is 2.39 bits per heavy atom. The minimum atomic E-state index is -2.05. The molecule has 1 heterocycles. The molecular formula is C23H36O7Si. The highest BCUT2D eigenvalue weighted by atomic mass is 28.4. The number of methoxy groups -OCH3 is 1. The lowest BCUT2D eigenvalue weighted by Crippen LogP contribution is -2.61. The number of ether oxygens (including phenoxy) is 3. The van der Waals surface area contributed by atoms with Gasteiger partial charge < -0.3 is 34.0 Å². The van der Waals surface area contributed by atoms with Crippen LogP contribution in [-0.4, -0.2) is 74.2 Å². The van der Waals surface area contributed by atoms with E-state index >= 15 is 0 Å². The van der Waals surface area contributed by atoms with Gasteiger partial charge in [0.05, 0.1) is 6.61 Å². The molecule has 0 bridgehead atoms. The molecule has 1 aliphatic carbocycles. The zero-order valence-corrected chi connectivity index (χ0v) is 20.2. The molecule has 2 aliphatic rings. The second-order valence-corrected chi connectivity index (χ2v) is 14.6. The number of aliphatic hydroxyl groups is 3. The molecule has 7 atom stereocenters. The molecule has 3 N–H and O–H groups in total. The van der Waals surface area contributed by atoms with Crippen molar-refractivity contribution in [1.82, 2.24) is 0 Å². The third-order valence-electron chi connectivity index (χ3n) is 6.70. The summed E-state index contributed by atoms with van der Waals surface area (Å²) in [5.74, 6) is 0. The molecule has 1 aliphatic heterocycles. The van der Waals surface area contributed by atoms with E-state index in [4.69, 9.17) is 18.6 Å². The van der Waals surface area contributed by atoms with Crippen molar-refractivity contribution in [3.63, 3.8) is 0 Å². The molecule has 1 saturated heterocycles. The number of rotatable bonds is 6. The van der Waals surface area contributed by atoms with Crippen molar-refractivity contribution in [3.8, 4) is 0 Å². The molecule has 174 valence electrons. The average molecular weight is 453 g/mol. The Balaban J connectivity index is 1.69. The van der Waals surface area contributed by atoms with Crippen molar-refractivity contribution < 1.29 is 34.0 Å². The molecule has 8 heteroatoms. The van der Waals surface area contributed by atoms with Gasteiger partial charge >= 0.3 is 0 Å². The molecule has 1 aromatic rings. The molecule has 0 saturated carbocycles. The monoisotopic (exact) mass is 452 g/mol. The van der Waals surface area contributed by atoms with Crippen LogP contribution in [-0.2, 0) is 18.6 Å². The van der Waals surface area contributed by atoms with E-state index < -0.39 is 51.2 Å². The molecule has 3 rings (SSSR count). The van der Waals surface area contributed by atoms with E-state index in [-0.39, 0.29) is 11.6 Å². The molecule has 0 amide bonds. The number of benzene rings is 1. The summed E-state index contributed by atoms with van der Waals surface area (Å²) in [7, 11) is -0.597. The molecule has 1 fully saturated rings. The van der Waals surface area contributed by atoms with Gasteiger partial charge in [-0.3, -0.25) is 0 Å². The van der Waals surface area contributed by atoms with Crippen LogP contribution in [0.15, 0.2) is 30.3 Å². The molecule has 0 radical (unpaired) electrons. The van der Waals surface area contributed by atoms with Crippen LogP contribution in [0.1, 0.15) is 38.0 Å². The van der Waals surface area contributed by atoms with Crippen molar-refractivity contribution in [2.24, 2.45) is 0 Å². The molecule has 7 nitrogen and oxygen atoms in total. The highest BCUT2D eigenvalue weighted by Gasteiger charge is 2.48. The second-order valence-electron chi connectivity index (χ2n) is 9.83. The summed E-state index contributed by atoms with van der Waals surface area (Å²) < 4.78 is 23.5. The van der Waals surface area contributed by atoms with Gasteiger partial charge in [0, 0.05) is 7.11 Å². The van der Waals surface area contributed by atoms with E-state index in [0.717, 1.165) is 11.1 Å². The number of hydrogen-bond acceptors (Lipinski definition) is 7. The Morgan fingerprint density at radius 1 is 1.06 bits per heavy atom. The molecular weight excluding hydrogens is 416 g/mol. The lowest BCUT2D eigenvalue weighted by molar-refractivity contribution is -0.310. The normalized spacial score (nSPS) is 33.9. The van der Waals surface area contributed by atoms with Crippen molar-refractivity contribution in [1.29, 1.82) is 0 Å². The van der Waals surface area contributed by atoms with Crippen LogP contribution in [0.3, 0.4) is 0 Å². The largest absolute Gasteiger partial charge is 0.414 e. The van der Waals surface area contributed by atoms with Gasteiger partial charge in [-0.2, -0.15) is 0 Å². The van der Waals surface area contributed by atoms with Crippen LogP contribution in [0.4, 0.5) is 0 Å². The van der Waals surface area contributed by atoms with E-state index in [1.54, 1.807) is 6.08 Å². The van der Waals surface area contributed by atoms with Crippen LogP contribution >= 0.6 is 0 Å². The maximum atomic E-state index is 10.8. The second kappa shape index (κ2) is 9.41. The number of aliphatic hydroxyl groups excluding tert-OH is 3. The summed E-state index contributed by atoms with van der Waals surface area (Å²) in [4.78, 5) is 0. The zero-order chi connectivity index (χ0) is 23.0. The first-order valence-corrected chi connectivity index (χ1v) is 13.7. The predicted octanol–water partition coefficient (Wildman–Crippen LogP) is 2.62. The third-order valence-corrected chi connectivity index (χ3v) is 11.2. The number of hydrogen-bond donors (Lipinski definition) is 3. The SMILES string of the molecule is CO[C@H]1O[C@H](CO[Si](C)(C)C(C)(C)C)[C@H](O)[C@H](O)[C@@H]1O[C@@H]1C=Cc2ccccc2[C@H]1O. The van der Waals surface area contributed by atoms with E-state index in [9.17, 15) is 15.3 Å². The highest BCUT2D eigenvalue weighted by molar-refractivity contribution is 6.74. The van der Waals surface area contributed by atoms with Crippen molar-refractivity contribution >= 4 is 14.4 Å². The van der Waals surface area contributed by atoms with Gasteiger partial charge in [0.15, 0.2) is 14.6 Å². The molecule has 0 aromatic heterocycles. The summed E-state index contributed by atoms with van der Waals surface area (Å²) in [6.45, 7) is 10.8. The topological polar surface area (TPSA) is 97.6 Å². The van der Waals surface area contributed by atoms with E-state index in [1.807, 2.05) is 30.3 Å². The number of fused-ring (bicyclic) bond motifs is 1. The minimum Gasteiger partial charge on any atom is -0.414 e. The Hall–Kier alpha value is -1.10. The summed E-state index contributed by atoms with van der Waals surface area (Å²) >= 11 is 0.